The van der Waals surface area contributed by atoms with E-state index in [-0.39, 0.29) is 5.92 Å². The Morgan fingerprint density at radius 2 is 1.85 bits per heavy atom. The second-order valence-electron chi connectivity index (χ2n) is 10.0. The molecule has 0 saturated heterocycles. The van der Waals surface area contributed by atoms with Gasteiger partial charge in [-0.3, -0.25) is 0 Å². The molecule has 0 aliphatic carbocycles. The van der Waals surface area contributed by atoms with Crippen LogP contribution in [0.1, 0.15) is 61.0 Å². The molecule has 2 aromatic carbocycles. The molecule has 0 aliphatic heterocycles. The summed E-state index contributed by atoms with van der Waals surface area (Å²) in [6.45, 7) is 10.8. The van der Waals surface area contributed by atoms with Gasteiger partial charge in [-0.2, -0.15) is 13.2 Å². The fourth-order valence-corrected chi connectivity index (χ4v) is 5.40. The Balaban J connectivity index is 1.61. The molecule has 1 N–H and O–H groups in total. The molecule has 0 fully saturated rings. The average Bonchev–Trinajstić information content (AvgIpc) is 3.48. The first kappa shape index (κ1) is 28.4. The zero-order valence-electron chi connectivity index (χ0n) is 22.1. The van der Waals surface area contributed by atoms with Gasteiger partial charge < -0.3 is 14.4 Å². The lowest BCUT2D eigenvalue weighted by molar-refractivity contribution is -0.152. The first-order valence-corrected chi connectivity index (χ1v) is 13.2. The lowest BCUT2D eigenvalue weighted by Gasteiger charge is -2.23. The average molecular weight is 559 g/mol. The summed E-state index contributed by atoms with van der Waals surface area (Å²) in [7, 11) is 0. The number of benzene rings is 2. The lowest BCUT2D eigenvalue weighted by atomic mass is 10.0. The van der Waals surface area contributed by atoms with Gasteiger partial charge in [0.25, 0.3) is 0 Å². The van der Waals surface area contributed by atoms with Crippen LogP contribution in [0, 0.1) is 0 Å². The van der Waals surface area contributed by atoms with E-state index in [2.05, 4.69) is 11.7 Å². The van der Waals surface area contributed by atoms with Crippen molar-refractivity contribution >= 4 is 28.3 Å². The maximum atomic E-state index is 13.0. The molecule has 206 valence electrons. The predicted molar refractivity (Wildman–Crippen MR) is 144 cm³/mol. The van der Waals surface area contributed by atoms with Crippen molar-refractivity contribution in [3.8, 4) is 16.3 Å². The van der Waals surface area contributed by atoms with Gasteiger partial charge in [0, 0.05) is 21.4 Å². The maximum Gasteiger partial charge on any atom is 0.416 e. The van der Waals surface area contributed by atoms with Gasteiger partial charge in [-0.15, -0.1) is 17.9 Å². The number of allylic oxidation sites excluding steroid dienone is 1. The Kier molecular flexibility index (Phi) is 7.88. The van der Waals surface area contributed by atoms with Crippen molar-refractivity contribution in [1.82, 2.24) is 10.1 Å². The Labute approximate surface area is 228 Å². The van der Waals surface area contributed by atoms with Crippen LogP contribution in [-0.4, -0.2) is 26.8 Å². The third-order valence-electron chi connectivity index (χ3n) is 6.33. The van der Waals surface area contributed by atoms with Gasteiger partial charge in [0.15, 0.2) is 11.2 Å². The number of carboxylic acid groups (broad SMARTS) is 1. The number of fused-ring (bicyclic) bond motifs is 1. The number of alkyl halides is 3. The van der Waals surface area contributed by atoms with Crippen LogP contribution in [0.25, 0.3) is 21.5 Å². The number of carbonyl (C=O) groups is 1. The van der Waals surface area contributed by atoms with E-state index in [0.717, 1.165) is 33.8 Å². The minimum absolute atomic E-state index is 0.130. The number of thiazole rings is 1. The van der Waals surface area contributed by atoms with Gasteiger partial charge >= 0.3 is 12.1 Å². The van der Waals surface area contributed by atoms with E-state index < -0.39 is 23.3 Å². The van der Waals surface area contributed by atoms with Crippen LogP contribution in [0.4, 0.5) is 13.2 Å². The van der Waals surface area contributed by atoms with Crippen molar-refractivity contribution in [3.63, 3.8) is 0 Å². The number of hydrogen-bond donors (Lipinski definition) is 1. The first-order chi connectivity index (χ1) is 18.3. The van der Waals surface area contributed by atoms with Crippen LogP contribution in [0.5, 0.6) is 5.75 Å². The van der Waals surface area contributed by atoms with Crippen LogP contribution >= 0.6 is 11.3 Å². The Bertz CT molecular complexity index is 1500. The fourth-order valence-electron chi connectivity index (χ4n) is 4.17. The molecule has 2 heterocycles. The molecule has 0 atom stereocenters. The Hall–Kier alpha value is -3.66. The van der Waals surface area contributed by atoms with E-state index >= 15 is 0 Å². The zero-order valence-corrected chi connectivity index (χ0v) is 22.9. The van der Waals surface area contributed by atoms with Gasteiger partial charge in [-0.25, -0.2) is 9.78 Å². The maximum absolute atomic E-state index is 13.0. The van der Waals surface area contributed by atoms with Crippen molar-refractivity contribution in [2.24, 2.45) is 0 Å². The quantitative estimate of drug-likeness (QED) is 0.200. The molecule has 2 aromatic heterocycles. The van der Waals surface area contributed by atoms with E-state index in [1.54, 1.807) is 12.1 Å². The third-order valence-corrected chi connectivity index (χ3v) is 7.51. The minimum atomic E-state index is -4.39. The summed E-state index contributed by atoms with van der Waals surface area (Å²) in [6.07, 6.45) is -1.13. The number of aromatic nitrogens is 2. The molecular formula is C29H29F3N2O4S. The SMILES string of the molecule is C=CCc1c(OC(C)(C)C(=O)O)ccc2c(CCc3sc(-c4ccc(C(F)(F)F)cc4)nc3C(C)C)noc12. The van der Waals surface area contributed by atoms with E-state index in [9.17, 15) is 23.1 Å². The normalized spacial score (nSPS) is 12.3. The number of halogens is 3. The molecule has 39 heavy (non-hydrogen) atoms. The van der Waals surface area contributed by atoms with Crippen molar-refractivity contribution < 1.29 is 32.3 Å². The first-order valence-electron chi connectivity index (χ1n) is 12.4. The number of hydrogen-bond acceptors (Lipinski definition) is 6. The molecule has 10 heteroatoms. The summed E-state index contributed by atoms with van der Waals surface area (Å²) < 4.78 is 50.4. The van der Waals surface area contributed by atoms with E-state index in [1.165, 1.54) is 37.3 Å². The van der Waals surface area contributed by atoms with E-state index in [4.69, 9.17) is 14.2 Å². The number of rotatable bonds is 10. The van der Waals surface area contributed by atoms with Crippen LogP contribution in [-0.2, 0) is 30.2 Å². The third kappa shape index (κ3) is 6.00. The summed E-state index contributed by atoms with van der Waals surface area (Å²) in [5.74, 6) is -0.570. The molecule has 0 aliphatic rings. The number of aryl methyl sites for hydroxylation is 2. The molecule has 4 aromatic rings. The largest absolute Gasteiger partial charge is 0.478 e. The smallest absolute Gasteiger partial charge is 0.416 e. The van der Waals surface area contributed by atoms with Crippen molar-refractivity contribution in [2.45, 2.75) is 64.7 Å². The molecular weight excluding hydrogens is 529 g/mol. The number of carboxylic acids is 1. The van der Waals surface area contributed by atoms with Crippen LogP contribution in [0.3, 0.4) is 0 Å². The van der Waals surface area contributed by atoms with Crippen LogP contribution in [0.15, 0.2) is 53.6 Å². The van der Waals surface area contributed by atoms with Crippen molar-refractivity contribution in [1.29, 1.82) is 0 Å². The highest BCUT2D eigenvalue weighted by molar-refractivity contribution is 7.15. The van der Waals surface area contributed by atoms with Crippen molar-refractivity contribution in [2.75, 3.05) is 0 Å². The summed E-state index contributed by atoms with van der Waals surface area (Å²) >= 11 is 1.46. The summed E-state index contributed by atoms with van der Waals surface area (Å²) in [5, 5.41) is 15.2. The highest BCUT2D eigenvalue weighted by Gasteiger charge is 2.32. The second kappa shape index (κ2) is 10.8. The molecule has 0 radical (unpaired) electrons. The molecule has 0 spiro atoms. The summed E-state index contributed by atoms with van der Waals surface area (Å²) in [6, 6.07) is 8.58. The van der Waals surface area contributed by atoms with Crippen LogP contribution < -0.4 is 4.74 Å². The molecule has 0 bridgehead atoms. The Morgan fingerprint density at radius 3 is 2.44 bits per heavy atom. The number of ether oxygens (including phenoxy) is 1. The number of aliphatic carboxylic acids is 1. The summed E-state index contributed by atoms with van der Waals surface area (Å²) in [4.78, 5) is 17.4. The lowest BCUT2D eigenvalue weighted by Crippen LogP contribution is -2.38. The molecule has 6 nitrogen and oxygen atoms in total. The van der Waals surface area contributed by atoms with Crippen LogP contribution in [0.2, 0.25) is 0 Å². The molecule has 0 amide bonds. The van der Waals surface area contributed by atoms with Gasteiger partial charge in [-0.05, 0) is 63.3 Å². The zero-order chi connectivity index (χ0) is 28.5. The number of nitrogens with zero attached hydrogens (tertiary/aromatic N) is 2. The fraction of sp³-hybridized carbons (Fsp3) is 0.345. The topological polar surface area (TPSA) is 85.5 Å². The second-order valence-corrected chi connectivity index (χ2v) is 11.1. The van der Waals surface area contributed by atoms with Gasteiger partial charge in [0.05, 0.1) is 17.0 Å². The predicted octanol–water partition coefficient (Wildman–Crippen LogP) is 7.85. The standard InChI is InChI=1S/C29H29F3N2O4S/c1-6-7-20-22(37-28(4,5)27(35)36)14-12-19-21(34-38-25(19)20)13-15-23-24(16(2)3)33-26(39-23)17-8-10-18(11-9-17)29(30,31)32/h6,8-12,14,16H,1,7,13,15H2,2-5H3,(H,35,36). The van der Waals surface area contributed by atoms with Gasteiger partial charge in [0.2, 0.25) is 0 Å². The highest BCUT2D eigenvalue weighted by atomic mass is 32.1. The Morgan fingerprint density at radius 1 is 1.15 bits per heavy atom. The molecule has 0 saturated carbocycles. The molecule has 0 unspecified atom stereocenters. The molecule has 4 rings (SSSR count). The minimum Gasteiger partial charge on any atom is -0.478 e. The van der Waals surface area contributed by atoms with Gasteiger partial charge in [0.1, 0.15) is 10.8 Å². The monoisotopic (exact) mass is 558 g/mol. The highest BCUT2D eigenvalue weighted by Crippen LogP contribution is 2.37. The van der Waals surface area contributed by atoms with E-state index in [0.29, 0.717) is 46.7 Å². The summed E-state index contributed by atoms with van der Waals surface area (Å²) in [5.41, 5.74) is 1.33. The van der Waals surface area contributed by atoms with Crippen molar-refractivity contribution in [3.05, 3.63) is 76.4 Å². The van der Waals surface area contributed by atoms with Gasteiger partial charge in [-0.1, -0.05) is 37.2 Å². The van der Waals surface area contributed by atoms with E-state index in [1.807, 2.05) is 19.9 Å².